The highest BCUT2D eigenvalue weighted by Crippen LogP contribution is 2.23. The third-order valence-corrected chi connectivity index (χ3v) is 3.80. The number of amides is 1. The van der Waals surface area contributed by atoms with E-state index in [9.17, 15) is 4.79 Å². The maximum atomic E-state index is 10.8. The normalized spacial score (nSPS) is 12.7. The van der Waals surface area contributed by atoms with Gasteiger partial charge in [0, 0.05) is 5.75 Å². The molecule has 0 radical (unpaired) electrons. The van der Waals surface area contributed by atoms with E-state index in [2.05, 4.69) is 5.32 Å². The van der Waals surface area contributed by atoms with E-state index in [0.29, 0.717) is 5.75 Å². The standard InChI is InChI=1S/C8H12N2OS2/c1-10-6(8(9)11)5-13-7-3-2-4-12-7/h2-4,6,10H,5H2,1H3,(H2,9,11). The van der Waals surface area contributed by atoms with Crippen molar-refractivity contribution in [2.75, 3.05) is 12.8 Å². The lowest BCUT2D eigenvalue weighted by Gasteiger charge is -2.10. The first kappa shape index (κ1) is 10.6. The van der Waals surface area contributed by atoms with Crippen LogP contribution in [0.25, 0.3) is 0 Å². The predicted octanol–water partition coefficient (Wildman–Crippen LogP) is 0.913. The number of carbonyl (C=O) groups is 1. The molecule has 0 aliphatic carbocycles. The number of thiophene rings is 1. The average molecular weight is 216 g/mol. The number of rotatable bonds is 5. The maximum Gasteiger partial charge on any atom is 0.235 e. The van der Waals surface area contributed by atoms with Gasteiger partial charge in [-0.3, -0.25) is 4.79 Å². The lowest BCUT2D eigenvalue weighted by Crippen LogP contribution is -2.40. The highest BCUT2D eigenvalue weighted by atomic mass is 32.2. The fraction of sp³-hybridized carbons (Fsp3) is 0.375. The van der Waals surface area contributed by atoms with E-state index in [1.165, 1.54) is 4.21 Å². The average Bonchev–Trinajstić information content (AvgIpc) is 2.57. The summed E-state index contributed by atoms with van der Waals surface area (Å²) in [6.07, 6.45) is 0. The molecule has 0 aliphatic heterocycles. The van der Waals surface area contributed by atoms with E-state index in [1.807, 2.05) is 17.5 Å². The Morgan fingerprint density at radius 2 is 2.62 bits per heavy atom. The molecule has 3 N–H and O–H groups in total. The Labute approximate surface area is 85.7 Å². The first-order chi connectivity index (χ1) is 6.24. The van der Waals surface area contributed by atoms with Crippen LogP contribution in [0.3, 0.4) is 0 Å². The molecule has 1 aromatic heterocycles. The van der Waals surface area contributed by atoms with Gasteiger partial charge < -0.3 is 11.1 Å². The third-order valence-electron chi connectivity index (χ3n) is 1.58. The van der Waals surface area contributed by atoms with Crippen LogP contribution in [0.1, 0.15) is 0 Å². The number of likely N-dealkylation sites (N-methyl/N-ethyl adjacent to an activating group) is 1. The van der Waals surface area contributed by atoms with Crippen LogP contribution >= 0.6 is 23.1 Å². The van der Waals surface area contributed by atoms with Crippen LogP contribution in [-0.4, -0.2) is 24.7 Å². The van der Waals surface area contributed by atoms with Gasteiger partial charge in [0.25, 0.3) is 0 Å². The van der Waals surface area contributed by atoms with Gasteiger partial charge in [-0.15, -0.1) is 23.1 Å². The zero-order valence-corrected chi connectivity index (χ0v) is 8.95. The molecule has 1 amide bonds. The number of nitrogens with one attached hydrogen (secondary N) is 1. The summed E-state index contributed by atoms with van der Waals surface area (Å²) in [7, 11) is 1.74. The zero-order valence-electron chi connectivity index (χ0n) is 7.32. The summed E-state index contributed by atoms with van der Waals surface area (Å²) >= 11 is 3.31. The molecule has 5 heteroatoms. The summed E-state index contributed by atoms with van der Waals surface area (Å²) in [5.41, 5.74) is 5.18. The molecule has 0 aromatic carbocycles. The number of hydrogen-bond donors (Lipinski definition) is 2. The highest BCUT2D eigenvalue weighted by molar-refractivity contribution is 8.01. The van der Waals surface area contributed by atoms with E-state index in [4.69, 9.17) is 5.73 Å². The van der Waals surface area contributed by atoms with Crippen molar-refractivity contribution < 1.29 is 4.79 Å². The van der Waals surface area contributed by atoms with Gasteiger partial charge in [0.1, 0.15) is 0 Å². The molecule has 1 heterocycles. The first-order valence-electron chi connectivity index (χ1n) is 3.87. The second-order valence-corrected chi connectivity index (χ2v) is 4.75. The van der Waals surface area contributed by atoms with Crippen molar-refractivity contribution >= 4 is 29.0 Å². The number of hydrogen-bond acceptors (Lipinski definition) is 4. The first-order valence-corrected chi connectivity index (χ1v) is 5.73. The van der Waals surface area contributed by atoms with Gasteiger partial charge in [0.05, 0.1) is 10.3 Å². The summed E-state index contributed by atoms with van der Waals surface area (Å²) in [6, 6.07) is 3.78. The van der Waals surface area contributed by atoms with Crippen molar-refractivity contribution in [1.82, 2.24) is 5.32 Å². The smallest absolute Gasteiger partial charge is 0.235 e. The van der Waals surface area contributed by atoms with Gasteiger partial charge in [-0.05, 0) is 18.5 Å². The number of carbonyl (C=O) groups excluding carboxylic acids is 1. The van der Waals surface area contributed by atoms with Crippen LogP contribution in [0.5, 0.6) is 0 Å². The zero-order chi connectivity index (χ0) is 9.68. The summed E-state index contributed by atoms with van der Waals surface area (Å²) in [6.45, 7) is 0. The molecule has 0 spiro atoms. The Balaban J connectivity index is 2.36. The van der Waals surface area contributed by atoms with Gasteiger partial charge >= 0.3 is 0 Å². The van der Waals surface area contributed by atoms with Crippen molar-refractivity contribution in [1.29, 1.82) is 0 Å². The lowest BCUT2D eigenvalue weighted by molar-refractivity contribution is -0.119. The van der Waals surface area contributed by atoms with Crippen molar-refractivity contribution in [3.05, 3.63) is 17.5 Å². The molecule has 0 saturated heterocycles. The van der Waals surface area contributed by atoms with Crippen molar-refractivity contribution in [2.45, 2.75) is 10.3 Å². The van der Waals surface area contributed by atoms with Gasteiger partial charge in [-0.2, -0.15) is 0 Å². The lowest BCUT2D eigenvalue weighted by atomic mass is 10.3. The van der Waals surface area contributed by atoms with E-state index in [1.54, 1.807) is 30.1 Å². The van der Waals surface area contributed by atoms with Crippen LogP contribution in [-0.2, 0) is 4.79 Å². The van der Waals surface area contributed by atoms with Crippen LogP contribution < -0.4 is 11.1 Å². The Kier molecular flexibility index (Phi) is 4.27. The molecular formula is C8H12N2OS2. The molecule has 1 unspecified atom stereocenters. The molecule has 0 fully saturated rings. The maximum absolute atomic E-state index is 10.8. The molecule has 0 aliphatic rings. The summed E-state index contributed by atoms with van der Waals surface area (Å²) in [5, 5.41) is 4.89. The van der Waals surface area contributed by atoms with Gasteiger partial charge in [-0.1, -0.05) is 6.07 Å². The molecule has 0 bridgehead atoms. The summed E-state index contributed by atoms with van der Waals surface area (Å²) < 4.78 is 1.21. The molecule has 3 nitrogen and oxygen atoms in total. The summed E-state index contributed by atoms with van der Waals surface area (Å²) in [4.78, 5) is 10.8. The highest BCUT2D eigenvalue weighted by Gasteiger charge is 2.12. The Morgan fingerprint density at radius 1 is 1.85 bits per heavy atom. The largest absolute Gasteiger partial charge is 0.368 e. The Morgan fingerprint density at radius 3 is 3.08 bits per heavy atom. The number of thioether (sulfide) groups is 1. The fourth-order valence-corrected chi connectivity index (χ4v) is 2.75. The topological polar surface area (TPSA) is 55.1 Å². The van der Waals surface area contributed by atoms with Gasteiger partial charge in [0.2, 0.25) is 5.91 Å². The van der Waals surface area contributed by atoms with Crippen LogP contribution in [0.2, 0.25) is 0 Å². The molecule has 0 saturated carbocycles. The monoisotopic (exact) mass is 216 g/mol. The van der Waals surface area contributed by atoms with Crippen molar-refractivity contribution in [3.8, 4) is 0 Å². The third kappa shape index (κ3) is 3.38. The van der Waals surface area contributed by atoms with E-state index in [0.717, 1.165) is 0 Å². The minimum absolute atomic E-state index is 0.243. The predicted molar refractivity (Wildman–Crippen MR) is 57.1 cm³/mol. The molecule has 72 valence electrons. The molecule has 1 aromatic rings. The second kappa shape index (κ2) is 5.26. The quantitative estimate of drug-likeness (QED) is 0.719. The second-order valence-electron chi connectivity index (χ2n) is 2.49. The SMILES string of the molecule is CNC(CSc1cccs1)C(N)=O. The number of nitrogens with two attached hydrogens (primary N) is 1. The Hall–Kier alpha value is -0.520. The van der Waals surface area contributed by atoms with E-state index >= 15 is 0 Å². The molecule has 1 atom stereocenters. The molecule has 1 rings (SSSR count). The molecular weight excluding hydrogens is 204 g/mol. The van der Waals surface area contributed by atoms with Crippen LogP contribution in [0.4, 0.5) is 0 Å². The minimum atomic E-state index is -0.299. The minimum Gasteiger partial charge on any atom is -0.368 e. The summed E-state index contributed by atoms with van der Waals surface area (Å²) in [5.74, 6) is 0.387. The van der Waals surface area contributed by atoms with Gasteiger partial charge in [-0.25, -0.2) is 0 Å². The van der Waals surface area contributed by atoms with Gasteiger partial charge in [0.15, 0.2) is 0 Å². The van der Waals surface area contributed by atoms with Crippen LogP contribution in [0.15, 0.2) is 21.7 Å². The number of primary amides is 1. The van der Waals surface area contributed by atoms with E-state index in [-0.39, 0.29) is 11.9 Å². The Bertz CT molecular complexity index is 261. The van der Waals surface area contributed by atoms with Crippen LogP contribution in [0, 0.1) is 0 Å². The van der Waals surface area contributed by atoms with E-state index < -0.39 is 0 Å². The fourth-order valence-electron chi connectivity index (χ4n) is 0.819. The van der Waals surface area contributed by atoms with Crippen molar-refractivity contribution in [3.63, 3.8) is 0 Å². The van der Waals surface area contributed by atoms with Crippen molar-refractivity contribution in [2.24, 2.45) is 5.73 Å². The molecule has 13 heavy (non-hydrogen) atoms.